The van der Waals surface area contributed by atoms with E-state index in [0.717, 1.165) is 10.0 Å². The Morgan fingerprint density at radius 3 is 2.85 bits per heavy atom. The van der Waals surface area contributed by atoms with Crippen LogP contribution >= 0.6 is 15.9 Å². The summed E-state index contributed by atoms with van der Waals surface area (Å²) in [7, 11) is -3.50. The summed E-state index contributed by atoms with van der Waals surface area (Å²) in [4.78, 5) is 11.9. The van der Waals surface area contributed by atoms with Crippen LogP contribution in [0, 0.1) is 0 Å². The van der Waals surface area contributed by atoms with E-state index in [1.807, 2.05) is 13.0 Å². The molecule has 0 spiro atoms. The van der Waals surface area contributed by atoms with E-state index in [1.165, 1.54) is 4.31 Å². The van der Waals surface area contributed by atoms with Gasteiger partial charge in [0.1, 0.15) is 0 Å². The molecule has 0 radical (unpaired) electrons. The Bertz CT molecular complexity index is 674. The first-order valence-corrected chi connectivity index (χ1v) is 8.74. The third kappa shape index (κ3) is 2.08. The molecule has 0 aliphatic carbocycles. The first-order valence-electron chi connectivity index (χ1n) is 6.51. The lowest BCUT2D eigenvalue weighted by atomic mass is 10.0. The number of piperidine rings is 1. The van der Waals surface area contributed by atoms with Gasteiger partial charge < -0.3 is 5.32 Å². The zero-order valence-corrected chi connectivity index (χ0v) is 13.4. The molecule has 2 heterocycles. The molecule has 2 aliphatic rings. The van der Waals surface area contributed by atoms with Gasteiger partial charge in [-0.2, -0.15) is 4.31 Å². The average Bonchev–Trinajstić information content (AvgIpc) is 2.56. The average molecular weight is 359 g/mol. The zero-order chi connectivity index (χ0) is 14.5. The van der Waals surface area contributed by atoms with E-state index in [-0.39, 0.29) is 24.4 Å². The smallest absolute Gasteiger partial charge is 0.244 e. The highest BCUT2D eigenvalue weighted by molar-refractivity contribution is 9.10. The predicted octanol–water partition coefficient (Wildman–Crippen LogP) is 1.79. The summed E-state index contributed by atoms with van der Waals surface area (Å²) in [6.07, 6.45) is 0.892. The maximum absolute atomic E-state index is 12.7. The predicted molar refractivity (Wildman–Crippen MR) is 77.6 cm³/mol. The van der Waals surface area contributed by atoms with Crippen molar-refractivity contribution >= 4 is 31.9 Å². The maximum Gasteiger partial charge on any atom is 0.244 e. The van der Waals surface area contributed by atoms with Gasteiger partial charge in [0.2, 0.25) is 15.9 Å². The summed E-state index contributed by atoms with van der Waals surface area (Å²) in [6, 6.07) is 4.73. The highest BCUT2D eigenvalue weighted by Gasteiger charge is 2.45. The summed E-state index contributed by atoms with van der Waals surface area (Å²) < 4.78 is 27.7. The molecule has 0 bridgehead atoms. The fraction of sp³-hybridized carbons (Fsp3) is 0.462. The summed E-state index contributed by atoms with van der Waals surface area (Å²) in [5, 5.41) is 2.74. The number of nitrogens with zero attached hydrogens (tertiary/aromatic N) is 1. The van der Waals surface area contributed by atoms with E-state index in [9.17, 15) is 13.2 Å². The summed E-state index contributed by atoms with van der Waals surface area (Å²) >= 11 is 3.38. The van der Waals surface area contributed by atoms with Gasteiger partial charge in [0.05, 0.1) is 4.90 Å². The molecule has 1 aromatic carbocycles. The number of hydrogen-bond donors (Lipinski definition) is 1. The number of carbonyl (C=O) groups is 1. The van der Waals surface area contributed by atoms with E-state index in [2.05, 4.69) is 21.2 Å². The third-order valence-electron chi connectivity index (χ3n) is 3.94. The molecule has 2 atom stereocenters. The number of benzene rings is 1. The van der Waals surface area contributed by atoms with E-state index in [0.29, 0.717) is 17.9 Å². The van der Waals surface area contributed by atoms with Gasteiger partial charge in [-0.25, -0.2) is 8.42 Å². The third-order valence-corrected chi connectivity index (χ3v) is 6.53. The zero-order valence-electron chi connectivity index (χ0n) is 11.0. The van der Waals surface area contributed by atoms with Gasteiger partial charge in [0, 0.05) is 29.5 Å². The molecule has 1 saturated heterocycles. The Morgan fingerprint density at radius 2 is 2.15 bits per heavy atom. The summed E-state index contributed by atoms with van der Waals surface area (Å²) in [5.74, 6) is -0.0826. The van der Waals surface area contributed by atoms with Gasteiger partial charge in [-0.15, -0.1) is 0 Å². The van der Waals surface area contributed by atoms with Crippen LogP contribution in [-0.4, -0.2) is 31.2 Å². The molecule has 0 saturated carbocycles. The SMILES string of the molecule is CC1c2cc(Br)ccc2S(=O)(=O)N1C1CCNC(=O)C1. The van der Waals surface area contributed by atoms with Crippen molar-refractivity contribution in [2.45, 2.75) is 36.7 Å². The number of amides is 1. The fourth-order valence-corrected chi connectivity index (χ4v) is 5.51. The van der Waals surface area contributed by atoms with Crippen LogP contribution in [0.5, 0.6) is 0 Å². The Hall–Kier alpha value is -0.920. The van der Waals surface area contributed by atoms with Crippen molar-refractivity contribution in [2.24, 2.45) is 0 Å². The molecule has 1 aromatic rings. The topological polar surface area (TPSA) is 66.5 Å². The van der Waals surface area contributed by atoms with Gasteiger partial charge in [-0.1, -0.05) is 15.9 Å². The van der Waals surface area contributed by atoms with Gasteiger partial charge >= 0.3 is 0 Å². The fourth-order valence-electron chi connectivity index (χ4n) is 3.04. The molecule has 20 heavy (non-hydrogen) atoms. The second kappa shape index (κ2) is 4.82. The molecule has 108 valence electrons. The quantitative estimate of drug-likeness (QED) is 0.832. The standard InChI is InChI=1S/C13H15BrN2O3S/c1-8-11-6-9(14)2-3-12(11)20(18,19)16(8)10-4-5-15-13(17)7-10/h2-3,6,8,10H,4-5,7H2,1H3,(H,15,17). The van der Waals surface area contributed by atoms with Crippen molar-refractivity contribution in [3.63, 3.8) is 0 Å². The lowest BCUT2D eigenvalue weighted by Crippen LogP contribution is -2.46. The Balaban J connectivity index is 2.04. The van der Waals surface area contributed by atoms with Crippen LogP contribution in [0.25, 0.3) is 0 Å². The Labute approximate surface area is 126 Å². The van der Waals surface area contributed by atoms with Crippen LogP contribution in [0.15, 0.2) is 27.6 Å². The van der Waals surface area contributed by atoms with E-state index in [1.54, 1.807) is 12.1 Å². The number of fused-ring (bicyclic) bond motifs is 1. The number of nitrogens with one attached hydrogen (secondary N) is 1. The van der Waals surface area contributed by atoms with E-state index >= 15 is 0 Å². The molecular formula is C13H15BrN2O3S. The number of halogens is 1. The first-order chi connectivity index (χ1) is 9.41. The molecule has 2 aliphatic heterocycles. The maximum atomic E-state index is 12.7. The van der Waals surface area contributed by atoms with Crippen LogP contribution < -0.4 is 5.32 Å². The van der Waals surface area contributed by atoms with Crippen LogP contribution in [0.2, 0.25) is 0 Å². The van der Waals surface area contributed by atoms with Gasteiger partial charge in [-0.05, 0) is 37.1 Å². The van der Waals surface area contributed by atoms with Crippen molar-refractivity contribution in [1.29, 1.82) is 0 Å². The minimum absolute atomic E-state index is 0.0826. The molecule has 1 N–H and O–H groups in total. The first kappa shape index (κ1) is 14.0. The highest BCUT2D eigenvalue weighted by atomic mass is 79.9. The number of rotatable bonds is 1. The van der Waals surface area contributed by atoms with E-state index < -0.39 is 10.0 Å². The second-order valence-corrected chi connectivity index (χ2v) is 7.92. The molecule has 0 aromatic heterocycles. The minimum atomic E-state index is -3.50. The molecule has 3 rings (SSSR count). The molecule has 1 amide bonds. The van der Waals surface area contributed by atoms with Crippen LogP contribution in [0.1, 0.15) is 31.4 Å². The lowest BCUT2D eigenvalue weighted by Gasteiger charge is -2.32. The van der Waals surface area contributed by atoms with Crippen molar-refractivity contribution in [3.05, 3.63) is 28.2 Å². The Morgan fingerprint density at radius 1 is 1.40 bits per heavy atom. The second-order valence-electron chi connectivity index (χ2n) is 5.19. The molecule has 2 unspecified atom stereocenters. The molecule has 7 heteroatoms. The van der Waals surface area contributed by atoms with Gasteiger partial charge in [0.25, 0.3) is 0 Å². The minimum Gasteiger partial charge on any atom is -0.356 e. The van der Waals surface area contributed by atoms with Gasteiger partial charge in [0.15, 0.2) is 0 Å². The van der Waals surface area contributed by atoms with E-state index in [4.69, 9.17) is 0 Å². The number of carbonyl (C=O) groups excluding carboxylic acids is 1. The van der Waals surface area contributed by atoms with Crippen LogP contribution in [-0.2, 0) is 14.8 Å². The van der Waals surface area contributed by atoms with Crippen LogP contribution in [0.3, 0.4) is 0 Å². The molecule has 1 fully saturated rings. The normalized spacial score (nSPS) is 29.0. The highest BCUT2D eigenvalue weighted by Crippen LogP contribution is 2.43. The summed E-state index contributed by atoms with van der Waals surface area (Å²) in [6.45, 7) is 2.41. The lowest BCUT2D eigenvalue weighted by molar-refractivity contribution is -0.123. The molecular weight excluding hydrogens is 344 g/mol. The molecule has 5 nitrogen and oxygen atoms in total. The largest absolute Gasteiger partial charge is 0.356 e. The van der Waals surface area contributed by atoms with Crippen molar-refractivity contribution < 1.29 is 13.2 Å². The number of hydrogen-bond acceptors (Lipinski definition) is 3. The monoisotopic (exact) mass is 358 g/mol. The van der Waals surface area contributed by atoms with Crippen molar-refractivity contribution in [3.8, 4) is 0 Å². The van der Waals surface area contributed by atoms with Crippen molar-refractivity contribution in [1.82, 2.24) is 9.62 Å². The van der Waals surface area contributed by atoms with Crippen LogP contribution in [0.4, 0.5) is 0 Å². The summed E-state index contributed by atoms with van der Waals surface area (Å²) in [5.41, 5.74) is 0.797. The van der Waals surface area contributed by atoms with Crippen molar-refractivity contribution in [2.75, 3.05) is 6.54 Å². The Kier molecular flexibility index (Phi) is 3.38. The number of sulfonamides is 1. The van der Waals surface area contributed by atoms with Gasteiger partial charge in [-0.3, -0.25) is 4.79 Å².